The lowest BCUT2D eigenvalue weighted by Gasteiger charge is -2.30. The summed E-state index contributed by atoms with van der Waals surface area (Å²) in [5, 5.41) is 19.9. The SMILES string of the molecule is Cc1c2ccc3c1nnn3CCCCCOc1ccc3c(c1)cc(n3C)C(=O)N1CCc3ccc(cc3C1)C2CC(=O)O. The highest BCUT2D eigenvalue weighted by Gasteiger charge is 2.27. The van der Waals surface area contributed by atoms with E-state index in [-0.39, 0.29) is 18.2 Å². The zero-order valence-electron chi connectivity index (χ0n) is 24.5. The van der Waals surface area contributed by atoms with E-state index in [9.17, 15) is 14.7 Å². The molecular weight excluding hydrogens is 542 g/mol. The number of benzene rings is 3. The summed E-state index contributed by atoms with van der Waals surface area (Å²) in [6, 6.07) is 18.3. The maximum atomic E-state index is 13.8. The maximum Gasteiger partial charge on any atom is 0.304 e. The minimum atomic E-state index is -0.858. The number of rotatable bonds is 2. The van der Waals surface area contributed by atoms with Crippen LogP contribution >= 0.6 is 0 Å². The highest BCUT2D eigenvalue weighted by atomic mass is 16.5. The fraction of sp³-hybridized carbons (Fsp3) is 0.353. The first-order chi connectivity index (χ1) is 20.9. The number of hydrogen-bond acceptors (Lipinski definition) is 5. The number of nitrogens with zero attached hydrogens (tertiary/aromatic N) is 5. The van der Waals surface area contributed by atoms with E-state index in [1.807, 2.05) is 64.5 Å². The van der Waals surface area contributed by atoms with Crippen molar-refractivity contribution in [2.75, 3.05) is 13.2 Å². The van der Waals surface area contributed by atoms with Crippen LogP contribution in [-0.2, 0) is 31.4 Å². The summed E-state index contributed by atoms with van der Waals surface area (Å²) in [4.78, 5) is 27.8. The number of ether oxygens (including phenoxy) is 1. The van der Waals surface area contributed by atoms with Crippen molar-refractivity contribution in [3.63, 3.8) is 0 Å². The lowest BCUT2D eigenvalue weighted by molar-refractivity contribution is -0.137. The standard InChI is InChI=1S/C34H35N5O4/c1-21-27-9-11-30-33(21)35-36-39(30)13-4-3-5-15-43-26-8-10-29-24(17-26)18-31(37(29)2)34(42)38-14-12-22-6-7-23(16-25(22)20-38)28(27)19-32(40)41/h6-11,16-18,28H,3-5,12-15,19-20H2,1-2H3,(H,40,41). The number of hydrogen-bond donors (Lipinski definition) is 1. The molecule has 3 aromatic carbocycles. The molecule has 1 unspecified atom stereocenters. The van der Waals surface area contributed by atoms with Crippen LogP contribution < -0.4 is 4.74 Å². The Morgan fingerprint density at radius 3 is 2.72 bits per heavy atom. The van der Waals surface area contributed by atoms with E-state index >= 15 is 0 Å². The van der Waals surface area contributed by atoms with Crippen molar-refractivity contribution in [1.29, 1.82) is 0 Å². The fourth-order valence-corrected chi connectivity index (χ4v) is 6.79. The fourth-order valence-electron chi connectivity index (χ4n) is 6.79. The lowest BCUT2D eigenvalue weighted by Crippen LogP contribution is -2.36. The first kappa shape index (κ1) is 27.2. The van der Waals surface area contributed by atoms with Gasteiger partial charge in [0.15, 0.2) is 0 Å². The minimum Gasteiger partial charge on any atom is -0.494 e. The Labute approximate surface area is 249 Å². The van der Waals surface area contributed by atoms with Gasteiger partial charge in [-0.15, -0.1) is 5.10 Å². The molecule has 10 bridgehead atoms. The average Bonchev–Trinajstić information content (AvgIpc) is 3.57. The molecule has 5 heterocycles. The zero-order chi connectivity index (χ0) is 29.7. The molecule has 9 heteroatoms. The van der Waals surface area contributed by atoms with Gasteiger partial charge in [0.2, 0.25) is 0 Å². The number of carbonyl (C=O) groups excluding carboxylic acids is 1. The monoisotopic (exact) mass is 577 g/mol. The summed E-state index contributed by atoms with van der Waals surface area (Å²) in [6.07, 6.45) is 3.56. The van der Waals surface area contributed by atoms with Crippen molar-refractivity contribution in [1.82, 2.24) is 24.5 Å². The van der Waals surface area contributed by atoms with Crippen molar-refractivity contribution in [2.24, 2.45) is 7.05 Å². The molecule has 1 amide bonds. The first-order valence-electron chi connectivity index (χ1n) is 15.0. The van der Waals surface area contributed by atoms with Crippen LogP contribution in [0.25, 0.3) is 21.9 Å². The van der Waals surface area contributed by atoms with Gasteiger partial charge in [0.05, 0.1) is 18.5 Å². The second-order valence-electron chi connectivity index (χ2n) is 11.8. The predicted octanol–water partition coefficient (Wildman–Crippen LogP) is 5.60. The second kappa shape index (κ2) is 10.9. The second-order valence-corrected chi connectivity index (χ2v) is 11.8. The lowest BCUT2D eigenvalue weighted by atomic mass is 9.83. The van der Waals surface area contributed by atoms with Crippen molar-refractivity contribution in [2.45, 2.75) is 58.0 Å². The van der Waals surface area contributed by atoms with Crippen LogP contribution in [0.4, 0.5) is 0 Å². The number of amides is 1. The van der Waals surface area contributed by atoms with E-state index in [1.165, 1.54) is 5.56 Å². The molecule has 0 saturated heterocycles. The van der Waals surface area contributed by atoms with E-state index < -0.39 is 5.97 Å². The van der Waals surface area contributed by atoms with Gasteiger partial charge in [0.1, 0.15) is 17.0 Å². The van der Waals surface area contributed by atoms with Gasteiger partial charge in [-0.1, -0.05) is 29.5 Å². The molecule has 2 aromatic heterocycles. The third-order valence-corrected chi connectivity index (χ3v) is 9.18. The maximum absolute atomic E-state index is 13.8. The number of aromatic nitrogens is 4. The third kappa shape index (κ3) is 4.92. The van der Waals surface area contributed by atoms with Gasteiger partial charge in [-0.3, -0.25) is 9.59 Å². The number of carboxylic acid groups (broad SMARTS) is 1. The van der Waals surface area contributed by atoms with Crippen LogP contribution in [0, 0.1) is 6.92 Å². The Hall–Kier alpha value is -4.66. The van der Waals surface area contributed by atoms with Crippen molar-refractivity contribution in [3.05, 3.63) is 88.1 Å². The summed E-state index contributed by atoms with van der Waals surface area (Å²) in [5.74, 6) is -0.415. The molecule has 3 aliphatic rings. The van der Waals surface area contributed by atoms with Crippen LogP contribution in [0.15, 0.2) is 54.6 Å². The summed E-state index contributed by atoms with van der Waals surface area (Å²) in [5.41, 5.74) is 8.48. The number of aryl methyl sites for hydroxylation is 3. The Bertz CT molecular complexity index is 1890. The van der Waals surface area contributed by atoms with Gasteiger partial charge < -0.3 is 19.3 Å². The van der Waals surface area contributed by atoms with Gasteiger partial charge in [-0.05, 0) is 90.8 Å². The molecule has 0 saturated carbocycles. The minimum absolute atomic E-state index is 0.0120. The molecule has 1 atom stereocenters. The molecule has 8 rings (SSSR count). The molecule has 0 aliphatic carbocycles. The number of aliphatic carboxylic acids is 1. The summed E-state index contributed by atoms with van der Waals surface area (Å²) in [7, 11) is 1.93. The van der Waals surface area contributed by atoms with Crippen LogP contribution in [-0.4, -0.2) is 54.6 Å². The van der Waals surface area contributed by atoms with Gasteiger partial charge >= 0.3 is 5.97 Å². The molecule has 5 aromatic rings. The molecular formula is C34H35N5O4. The number of carbonyl (C=O) groups is 2. The zero-order valence-corrected chi connectivity index (χ0v) is 24.5. The van der Waals surface area contributed by atoms with E-state index in [0.717, 1.165) is 82.2 Å². The van der Waals surface area contributed by atoms with E-state index in [4.69, 9.17) is 4.74 Å². The molecule has 1 N–H and O–H groups in total. The average molecular weight is 578 g/mol. The highest BCUT2D eigenvalue weighted by molar-refractivity contribution is 5.99. The van der Waals surface area contributed by atoms with Crippen LogP contribution in [0.5, 0.6) is 5.75 Å². The van der Waals surface area contributed by atoms with Gasteiger partial charge in [0, 0.05) is 43.5 Å². The largest absolute Gasteiger partial charge is 0.494 e. The number of carboxylic acids is 1. The Kier molecular flexibility index (Phi) is 6.88. The molecule has 0 fully saturated rings. The van der Waals surface area contributed by atoms with E-state index in [1.54, 1.807) is 0 Å². The quantitative estimate of drug-likeness (QED) is 0.293. The van der Waals surface area contributed by atoms with Crippen LogP contribution in [0.3, 0.4) is 0 Å². The van der Waals surface area contributed by atoms with Gasteiger partial charge in [-0.2, -0.15) is 0 Å². The van der Waals surface area contributed by atoms with Crippen molar-refractivity contribution >= 4 is 33.8 Å². The normalized spacial score (nSPS) is 17.5. The Balaban J connectivity index is 1.31. The van der Waals surface area contributed by atoms with E-state index in [0.29, 0.717) is 25.4 Å². The molecule has 0 radical (unpaired) electrons. The first-order valence-corrected chi connectivity index (χ1v) is 15.0. The molecule has 220 valence electrons. The Morgan fingerprint density at radius 2 is 1.86 bits per heavy atom. The number of fused-ring (bicyclic) bond motifs is 6. The molecule has 43 heavy (non-hydrogen) atoms. The summed E-state index contributed by atoms with van der Waals surface area (Å²) < 4.78 is 9.98. The molecule has 3 aliphatic heterocycles. The topological polar surface area (TPSA) is 102 Å². The summed E-state index contributed by atoms with van der Waals surface area (Å²) >= 11 is 0. The Morgan fingerprint density at radius 1 is 1.00 bits per heavy atom. The molecule has 0 spiro atoms. The van der Waals surface area contributed by atoms with E-state index in [2.05, 4.69) is 28.5 Å². The molecule has 9 nitrogen and oxygen atoms in total. The van der Waals surface area contributed by atoms with Crippen LogP contribution in [0.2, 0.25) is 0 Å². The van der Waals surface area contributed by atoms with Crippen molar-refractivity contribution < 1.29 is 19.4 Å². The third-order valence-electron chi connectivity index (χ3n) is 9.18. The van der Waals surface area contributed by atoms with Crippen molar-refractivity contribution in [3.8, 4) is 5.75 Å². The van der Waals surface area contributed by atoms with Gasteiger partial charge in [-0.25, -0.2) is 4.68 Å². The highest BCUT2D eigenvalue weighted by Crippen LogP contribution is 2.35. The van der Waals surface area contributed by atoms with Gasteiger partial charge in [0.25, 0.3) is 5.91 Å². The summed E-state index contributed by atoms with van der Waals surface area (Å²) in [6.45, 7) is 4.48. The predicted molar refractivity (Wildman–Crippen MR) is 164 cm³/mol. The smallest absolute Gasteiger partial charge is 0.304 e. The van der Waals surface area contributed by atoms with Crippen LogP contribution in [0.1, 0.15) is 69.9 Å².